The lowest BCUT2D eigenvalue weighted by Gasteiger charge is -2.23. The molecule has 26 heavy (non-hydrogen) atoms. The van der Waals surface area contributed by atoms with Gasteiger partial charge >= 0.3 is 0 Å². The van der Waals surface area contributed by atoms with Crippen molar-refractivity contribution in [3.05, 3.63) is 51.9 Å². The van der Waals surface area contributed by atoms with Gasteiger partial charge in [0.15, 0.2) is 0 Å². The van der Waals surface area contributed by atoms with Crippen molar-refractivity contribution in [3.8, 4) is 10.6 Å². The molecule has 5 heteroatoms. The fourth-order valence-corrected chi connectivity index (χ4v) is 4.49. The van der Waals surface area contributed by atoms with Gasteiger partial charge in [-0.15, -0.1) is 11.3 Å². The molecule has 0 spiro atoms. The first-order chi connectivity index (χ1) is 12.6. The molecule has 2 aromatic heterocycles. The van der Waals surface area contributed by atoms with Gasteiger partial charge in [-0.2, -0.15) is 0 Å². The van der Waals surface area contributed by atoms with Crippen LogP contribution in [0.15, 0.2) is 35.7 Å². The topological polar surface area (TPSA) is 42.0 Å². The first kappa shape index (κ1) is 17.5. The molecule has 1 saturated carbocycles. The van der Waals surface area contributed by atoms with E-state index >= 15 is 0 Å². The van der Waals surface area contributed by atoms with Crippen LogP contribution in [0.3, 0.4) is 0 Å². The van der Waals surface area contributed by atoms with Gasteiger partial charge in [-0.3, -0.25) is 4.79 Å². The summed E-state index contributed by atoms with van der Waals surface area (Å²) in [6.45, 7) is 1.96. The molecule has 1 aromatic carbocycles. The normalized spacial score (nSPS) is 15.3. The zero-order valence-electron chi connectivity index (χ0n) is 14.7. The Morgan fingerprint density at radius 3 is 2.77 bits per heavy atom. The molecular formula is C21H21ClN2OS. The Labute approximate surface area is 162 Å². The first-order valence-corrected chi connectivity index (χ1v) is 10.3. The summed E-state index contributed by atoms with van der Waals surface area (Å²) >= 11 is 7.94. The maximum absolute atomic E-state index is 13.1. The lowest BCUT2D eigenvalue weighted by molar-refractivity contribution is 0.0929. The molecule has 1 fully saturated rings. The van der Waals surface area contributed by atoms with E-state index in [9.17, 15) is 4.79 Å². The number of fused-ring (bicyclic) bond motifs is 1. The van der Waals surface area contributed by atoms with E-state index in [4.69, 9.17) is 16.6 Å². The minimum atomic E-state index is -0.0103. The predicted octanol–water partition coefficient (Wildman–Crippen LogP) is 5.99. The number of carbonyl (C=O) groups is 1. The summed E-state index contributed by atoms with van der Waals surface area (Å²) in [7, 11) is 0. The number of hydrogen-bond donors (Lipinski definition) is 1. The molecule has 1 amide bonds. The molecule has 1 aliphatic rings. The highest BCUT2D eigenvalue weighted by molar-refractivity contribution is 7.13. The molecule has 1 aliphatic carbocycles. The summed E-state index contributed by atoms with van der Waals surface area (Å²) in [6, 6.07) is 9.98. The van der Waals surface area contributed by atoms with Crippen molar-refractivity contribution in [2.45, 2.75) is 45.1 Å². The second kappa shape index (κ2) is 7.37. The van der Waals surface area contributed by atoms with Crippen LogP contribution in [-0.2, 0) is 0 Å². The third-order valence-corrected chi connectivity index (χ3v) is 6.43. The van der Waals surface area contributed by atoms with Crippen LogP contribution in [0.2, 0.25) is 5.02 Å². The number of halogens is 1. The van der Waals surface area contributed by atoms with Gasteiger partial charge < -0.3 is 5.32 Å². The summed E-state index contributed by atoms with van der Waals surface area (Å²) < 4.78 is 0. The molecule has 0 unspecified atom stereocenters. The first-order valence-electron chi connectivity index (χ1n) is 9.08. The van der Waals surface area contributed by atoms with Crippen LogP contribution in [-0.4, -0.2) is 16.9 Å². The van der Waals surface area contributed by atoms with Crippen LogP contribution in [0.1, 0.15) is 48.0 Å². The standard InChI is InChI=1S/C21H21ClN2OS/c1-13-17(22)10-9-15-16(21(25)23-14-6-3-2-4-7-14)12-18(24-20(13)15)19-8-5-11-26-19/h5,8-12,14H,2-4,6-7H2,1H3,(H,23,25). The van der Waals surface area contributed by atoms with Crippen LogP contribution in [0.5, 0.6) is 0 Å². The van der Waals surface area contributed by atoms with Gasteiger partial charge in [0.05, 0.1) is 21.7 Å². The molecule has 1 N–H and O–H groups in total. The molecule has 3 nitrogen and oxygen atoms in total. The van der Waals surface area contributed by atoms with Gasteiger partial charge in [0.1, 0.15) is 0 Å². The zero-order valence-corrected chi connectivity index (χ0v) is 16.3. The summed E-state index contributed by atoms with van der Waals surface area (Å²) in [6.07, 6.45) is 5.79. The lowest BCUT2D eigenvalue weighted by atomic mass is 9.95. The number of amides is 1. The summed E-state index contributed by atoms with van der Waals surface area (Å²) in [5, 5.41) is 6.79. The highest BCUT2D eigenvalue weighted by Gasteiger charge is 2.20. The maximum atomic E-state index is 13.1. The number of pyridine rings is 1. The Hall–Kier alpha value is -1.91. The fourth-order valence-electron chi connectivity index (χ4n) is 3.65. The zero-order chi connectivity index (χ0) is 18.1. The maximum Gasteiger partial charge on any atom is 0.252 e. The van der Waals surface area contributed by atoms with E-state index in [-0.39, 0.29) is 11.9 Å². The molecule has 2 heterocycles. The van der Waals surface area contributed by atoms with Gasteiger partial charge in [0.25, 0.3) is 5.91 Å². The lowest BCUT2D eigenvalue weighted by Crippen LogP contribution is -2.36. The van der Waals surface area contributed by atoms with Gasteiger partial charge in [0, 0.05) is 16.5 Å². The minimum Gasteiger partial charge on any atom is -0.349 e. The number of aromatic nitrogens is 1. The molecule has 134 valence electrons. The van der Waals surface area contributed by atoms with E-state index in [1.165, 1.54) is 19.3 Å². The quantitative estimate of drug-likeness (QED) is 0.602. The third kappa shape index (κ3) is 3.36. The number of benzene rings is 1. The average Bonchev–Trinajstić information content (AvgIpc) is 3.19. The van der Waals surface area contributed by atoms with E-state index in [1.54, 1.807) is 11.3 Å². The Morgan fingerprint density at radius 1 is 1.23 bits per heavy atom. The van der Waals surface area contributed by atoms with Crippen molar-refractivity contribution in [1.29, 1.82) is 0 Å². The van der Waals surface area contributed by atoms with Crippen LogP contribution in [0, 0.1) is 6.92 Å². The van der Waals surface area contributed by atoms with Gasteiger partial charge in [-0.1, -0.05) is 43.0 Å². The van der Waals surface area contributed by atoms with Crippen LogP contribution >= 0.6 is 22.9 Å². The van der Waals surface area contributed by atoms with Crippen molar-refractivity contribution in [1.82, 2.24) is 10.3 Å². The Kier molecular flexibility index (Phi) is 4.96. The van der Waals surface area contributed by atoms with Crippen molar-refractivity contribution in [2.24, 2.45) is 0 Å². The minimum absolute atomic E-state index is 0.0103. The second-order valence-corrected chi connectivity index (χ2v) is 8.26. The summed E-state index contributed by atoms with van der Waals surface area (Å²) in [4.78, 5) is 18.9. The highest BCUT2D eigenvalue weighted by Crippen LogP contribution is 2.32. The molecule has 0 bridgehead atoms. The van der Waals surface area contributed by atoms with E-state index in [1.807, 2.05) is 42.6 Å². The van der Waals surface area contributed by atoms with Crippen molar-refractivity contribution >= 4 is 39.7 Å². The predicted molar refractivity (Wildman–Crippen MR) is 109 cm³/mol. The smallest absolute Gasteiger partial charge is 0.252 e. The number of carbonyl (C=O) groups excluding carboxylic acids is 1. The summed E-state index contributed by atoms with van der Waals surface area (Å²) in [5.41, 5.74) is 3.22. The van der Waals surface area contributed by atoms with E-state index in [2.05, 4.69) is 5.32 Å². The van der Waals surface area contributed by atoms with E-state index in [0.29, 0.717) is 10.6 Å². The SMILES string of the molecule is Cc1c(Cl)ccc2c(C(=O)NC3CCCCC3)cc(-c3cccs3)nc12. The van der Waals surface area contributed by atoms with Gasteiger partial charge in [-0.25, -0.2) is 4.98 Å². The number of rotatable bonds is 3. The van der Waals surface area contributed by atoms with Crippen LogP contribution < -0.4 is 5.32 Å². The van der Waals surface area contributed by atoms with Crippen molar-refractivity contribution < 1.29 is 4.79 Å². The molecule has 0 saturated heterocycles. The number of hydrogen-bond acceptors (Lipinski definition) is 3. The monoisotopic (exact) mass is 384 g/mol. The Balaban J connectivity index is 1.81. The molecular weight excluding hydrogens is 364 g/mol. The van der Waals surface area contributed by atoms with Crippen LogP contribution in [0.4, 0.5) is 0 Å². The van der Waals surface area contributed by atoms with Crippen LogP contribution in [0.25, 0.3) is 21.5 Å². The average molecular weight is 385 g/mol. The summed E-state index contributed by atoms with van der Waals surface area (Å²) in [5.74, 6) is -0.0103. The van der Waals surface area contributed by atoms with Gasteiger partial charge in [-0.05, 0) is 48.9 Å². The molecule has 4 rings (SSSR count). The fraction of sp³-hybridized carbons (Fsp3) is 0.333. The largest absolute Gasteiger partial charge is 0.349 e. The Bertz CT molecular complexity index is 946. The van der Waals surface area contributed by atoms with Crippen molar-refractivity contribution in [2.75, 3.05) is 0 Å². The number of thiophene rings is 1. The number of nitrogens with zero attached hydrogens (tertiary/aromatic N) is 1. The molecule has 3 aromatic rings. The van der Waals surface area contributed by atoms with E-state index < -0.39 is 0 Å². The Morgan fingerprint density at radius 2 is 2.04 bits per heavy atom. The highest BCUT2D eigenvalue weighted by atomic mass is 35.5. The van der Waals surface area contributed by atoms with Gasteiger partial charge in [0.2, 0.25) is 0 Å². The second-order valence-electron chi connectivity index (χ2n) is 6.91. The van der Waals surface area contributed by atoms with E-state index in [0.717, 1.165) is 39.9 Å². The van der Waals surface area contributed by atoms with Crippen molar-refractivity contribution in [3.63, 3.8) is 0 Å². The third-order valence-electron chi connectivity index (χ3n) is 5.13. The number of nitrogens with one attached hydrogen (secondary N) is 1. The molecule has 0 aliphatic heterocycles. The molecule has 0 radical (unpaired) electrons. The molecule has 0 atom stereocenters. The number of aryl methyl sites for hydroxylation is 1.